The van der Waals surface area contributed by atoms with Crippen LogP contribution in [0.3, 0.4) is 0 Å². The lowest BCUT2D eigenvalue weighted by atomic mass is 9.95. The smallest absolute Gasteiger partial charge is 0.341 e. The number of rotatable bonds is 10. The number of ether oxygens (including phenoxy) is 2. The minimum absolute atomic E-state index is 0.0565. The Bertz CT molecular complexity index is 1410. The number of hydrogen-bond acceptors (Lipinski definition) is 7. The van der Waals surface area contributed by atoms with Crippen LogP contribution in [0.2, 0.25) is 0 Å². The van der Waals surface area contributed by atoms with Crippen LogP contribution in [0.4, 0.5) is 10.7 Å². The van der Waals surface area contributed by atoms with Crippen molar-refractivity contribution in [2.75, 3.05) is 29.4 Å². The minimum atomic E-state index is -4.13. The van der Waals surface area contributed by atoms with E-state index in [1.54, 1.807) is 50.2 Å². The van der Waals surface area contributed by atoms with Crippen LogP contribution in [0.1, 0.15) is 53.1 Å². The number of thiophene rings is 1. The summed E-state index contributed by atoms with van der Waals surface area (Å²) >= 11 is 1.36. The summed E-state index contributed by atoms with van der Waals surface area (Å²) in [6.45, 7) is 5.44. The Morgan fingerprint density at radius 1 is 1.00 bits per heavy atom. The number of sulfonamides is 1. The molecule has 1 aliphatic rings. The van der Waals surface area contributed by atoms with Gasteiger partial charge in [0.15, 0.2) is 0 Å². The predicted octanol–water partition coefficient (Wildman–Crippen LogP) is 5.34. The molecule has 1 amide bonds. The second-order valence-corrected chi connectivity index (χ2v) is 11.9. The third-order valence-corrected chi connectivity index (χ3v) is 9.21. The number of hydrogen-bond donors (Lipinski definition) is 1. The van der Waals surface area contributed by atoms with Crippen LogP contribution in [-0.4, -0.2) is 40.1 Å². The molecule has 0 saturated carbocycles. The van der Waals surface area contributed by atoms with Crippen molar-refractivity contribution in [1.82, 2.24) is 0 Å². The number of carbonyl (C=O) groups excluding carboxylic acids is 2. The van der Waals surface area contributed by atoms with Crippen LogP contribution in [0.25, 0.3) is 0 Å². The van der Waals surface area contributed by atoms with Crippen molar-refractivity contribution in [2.45, 2.75) is 51.3 Å². The number of esters is 1. The Morgan fingerprint density at radius 3 is 2.42 bits per heavy atom. The molecule has 202 valence electrons. The summed E-state index contributed by atoms with van der Waals surface area (Å²) in [6.07, 6.45) is 3.55. The highest BCUT2D eigenvalue weighted by Gasteiger charge is 2.31. The quantitative estimate of drug-likeness (QED) is 0.338. The first-order valence-corrected chi connectivity index (χ1v) is 14.9. The van der Waals surface area contributed by atoms with Gasteiger partial charge in [0, 0.05) is 4.88 Å². The maximum atomic E-state index is 13.8. The zero-order valence-corrected chi connectivity index (χ0v) is 23.4. The van der Waals surface area contributed by atoms with Gasteiger partial charge in [-0.15, -0.1) is 11.3 Å². The lowest BCUT2D eigenvalue weighted by Crippen LogP contribution is -2.38. The summed E-state index contributed by atoms with van der Waals surface area (Å²) in [7, 11) is -4.13. The monoisotopic (exact) mass is 556 g/mol. The highest BCUT2D eigenvalue weighted by molar-refractivity contribution is 7.92. The molecule has 1 aliphatic carbocycles. The third kappa shape index (κ3) is 5.86. The Hall–Kier alpha value is -3.37. The van der Waals surface area contributed by atoms with Crippen molar-refractivity contribution >= 4 is 43.9 Å². The number of nitrogens with one attached hydrogen (secondary N) is 1. The predicted molar refractivity (Wildman–Crippen MR) is 149 cm³/mol. The molecule has 0 atom stereocenters. The number of aryl methyl sites for hydroxylation is 2. The van der Waals surface area contributed by atoms with E-state index in [-0.39, 0.29) is 17.2 Å². The lowest BCUT2D eigenvalue weighted by molar-refractivity contribution is -0.114. The second kappa shape index (κ2) is 12.0. The van der Waals surface area contributed by atoms with Gasteiger partial charge in [-0.2, -0.15) is 0 Å². The van der Waals surface area contributed by atoms with Gasteiger partial charge in [-0.3, -0.25) is 9.10 Å². The van der Waals surface area contributed by atoms with Gasteiger partial charge in [0.25, 0.3) is 10.0 Å². The topological polar surface area (TPSA) is 102 Å². The van der Waals surface area contributed by atoms with Crippen molar-refractivity contribution in [1.29, 1.82) is 0 Å². The van der Waals surface area contributed by atoms with Crippen LogP contribution in [0.15, 0.2) is 53.4 Å². The maximum absolute atomic E-state index is 13.8. The lowest BCUT2D eigenvalue weighted by Gasteiger charge is -2.26. The molecular weight excluding hydrogens is 524 g/mol. The van der Waals surface area contributed by atoms with E-state index in [9.17, 15) is 18.0 Å². The molecule has 3 aromatic rings. The van der Waals surface area contributed by atoms with E-state index < -0.39 is 28.4 Å². The largest absolute Gasteiger partial charge is 0.492 e. The molecular formula is C28H32N2O6S2. The first kappa shape index (κ1) is 27.7. The Balaban J connectivity index is 1.71. The molecule has 0 unspecified atom stereocenters. The van der Waals surface area contributed by atoms with Crippen molar-refractivity contribution in [3.05, 3.63) is 70.1 Å². The summed E-state index contributed by atoms with van der Waals surface area (Å²) in [5, 5.41) is 3.22. The number of benzene rings is 2. The van der Waals surface area contributed by atoms with Crippen molar-refractivity contribution < 1.29 is 27.5 Å². The van der Waals surface area contributed by atoms with E-state index in [1.165, 1.54) is 23.5 Å². The minimum Gasteiger partial charge on any atom is -0.492 e. The zero-order valence-electron chi connectivity index (χ0n) is 21.8. The molecule has 0 spiro atoms. The summed E-state index contributed by atoms with van der Waals surface area (Å²) < 4.78 is 39.7. The zero-order chi connectivity index (χ0) is 27.3. The molecule has 1 aromatic heterocycles. The highest BCUT2D eigenvalue weighted by Crippen LogP contribution is 2.39. The fourth-order valence-corrected chi connectivity index (χ4v) is 7.17. The van der Waals surface area contributed by atoms with Gasteiger partial charge in [-0.1, -0.05) is 29.8 Å². The van der Waals surface area contributed by atoms with Crippen LogP contribution in [-0.2, 0) is 32.4 Å². The van der Waals surface area contributed by atoms with Crippen LogP contribution in [0.5, 0.6) is 5.75 Å². The standard InChI is InChI=1S/C28H32N2O6S2/c1-4-35-23-12-8-7-11-22(23)30(38(33,34)20-16-14-19(3)15-17-20)18-25(31)29-27-26(28(32)36-5-2)21-10-6-9-13-24(21)37-27/h7-8,11-12,14-17H,4-6,9-10,13,18H2,1-3H3,(H,29,31). The van der Waals surface area contributed by atoms with Gasteiger partial charge >= 0.3 is 5.97 Å². The molecule has 10 heteroatoms. The van der Waals surface area contributed by atoms with E-state index in [1.807, 2.05) is 6.92 Å². The average Bonchev–Trinajstić information content (AvgIpc) is 3.26. The van der Waals surface area contributed by atoms with Gasteiger partial charge in [-0.25, -0.2) is 13.2 Å². The normalized spacial score (nSPS) is 12.9. The van der Waals surface area contributed by atoms with E-state index >= 15 is 0 Å². The van der Waals surface area contributed by atoms with Crippen molar-refractivity contribution in [3.63, 3.8) is 0 Å². The first-order chi connectivity index (χ1) is 18.3. The van der Waals surface area contributed by atoms with Crippen LogP contribution >= 0.6 is 11.3 Å². The summed E-state index contributed by atoms with van der Waals surface area (Å²) in [6, 6.07) is 13.2. The number of carbonyl (C=O) groups is 2. The second-order valence-electron chi connectivity index (χ2n) is 8.91. The average molecular weight is 557 g/mol. The molecule has 8 nitrogen and oxygen atoms in total. The molecule has 0 bridgehead atoms. The molecule has 0 aliphatic heterocycles. The molecule has 0 fully saturated rings. The van der Waals surface area contributed by atoms with Crippen molar-refractivity contribution in [3.8, 4) is 5.75 Å². The molecule has 4 rings (SSSR count). The molecule has 1 heterocycles. The van der Waals surface area contributed by atoms with Gasteiger partial charge in [0.2, 0.25) is 5.91 Å². The number of anilines is 2. The molecule has 0 radical (unpaired) electrons. The summed E-state index contributed by atoms with van der Waals surface area (Å²) in [5.74, 6) is -0.707. The Kier molecular flexibility index (Phi) is 8.73. The Morgan fingerprint density at radius 2 is 1.71 bits per heavy atom. The van der Waals surface area contributed by atoms with Crippen molar-refractivity contribution in [2.24, 2.45) is 0 Å². The van der Waals surface area contributed by atoms with E-state index in [0.29, 0.717) is 22.9 Å². The fraction of sp³-hybridized carbons (Fsp3) is 0.357. The Labute approximate surface area is 227 Å². The molecule has 1 N–H and O–H groups in total. The number of amides is 1. The van der Waals surface area contributed by atoms with Crippen LogP contribution < -0.4 is 14.4 Å². The molecule has 38 heavy (non-hydrogen) atoms. The third-order valence-electron chi connectivity index (χ3n) is 6.23. The SMILES string of the molecule is CCOC(=O)c1c(NC(=O)CN(c2ccccc2OCC)S(=O)(=O)c2ccc(C)cc2)sc2c1CCCC2. The fourth-order valence-electron chi connectivity index (χ4n) is 4.45. The number of fused-ring (bicyclic) bond motifs is 1. The van der Waals surface area contributed by atoms with E-state index in [2.05, 4.69) is 5.32 Å². The molecule has 0 saturated heterocycles. The van der Waals surface area contributed by atoms with Gasteiger partial charge < -0.3 is 14.8 Å². The number of para-hydroxylation sites is 2. The van der Waals surface area contributed by atoms with E-state index in [0.717, 1.165) is 46.0 Å². The summed E-state index contributed by atoms with van der Waals surface area (Å²) in [5.41, 5.74) is 2.46. The number of nitrogens with zero attached hydrogens (tertiary/aromatic N) is 1. The summed E-state index contributed by atoms with van der Waals surface area (Å²) in [4.78, 5) is 27.4. The van der Waals surface area contributed by atoms with E-state index in [4.69, 9.17) is 9.47 Å². The van der Waals surface area contributed by atoms with Gasteiger partial charge in [-0.05, 0) is 76.3 Å². The highest BCUT2D eigenvalue weighted by atomic mass is 32.2. The molecule has 2 aromatic carbocycles. The van der Waals surface area contributed by atoms with Crippen LogP contribution in [0, 0.1) is 6.92 Å². The van der Waals surface area contributed by atoms with Gasteiger partial charge in [0.1, 0.15) is 17.3 Å². The van der Waals surface area contributed by atoms with Gasteiger partial charge in [0.05, 0.1) is 29.4 Å². The first-order valence-electron chi connectivity index (χ1n) is 12.7. The maximum Gasteiger partial charge on any atom is 0.341 e.